The second kappa shape index (κ2) is 4.13. The van der Waals surface area contributed by atoms with Crippen molar-refractivity contribution in [3.8, 4) is 0 Å². The average Bonchev–Trinajstić information content (AvgIpc) is 2.36. The number of ether oxygens (including phenoxy) is 2. The zero-order chi connectivity index (χ0) is 11.1. The van der Waals surface area contributed by atoms with E-state index in [-0.39, 0.29) is 12.7 Å². The van der Waals surface area contributed by atoms with Gasteiger partial charge < -0.3 is 24.4 Å². The smallest absolute Gasteiger partial charge is 0.191 e. The molecule has 2 fully saturated rings. The molecule has 0 amide bonds. The van der Waals surface area contributed by atoms with Crippen LogP contribution in [0.5, 0.6) is 0 Å². The van der Waals surface area contributed by atoms with Crippen molar-refractivity contribution in [3.05, 3.63) is 11.9 Å². The van der Waals surface area contributed by atoms with E-state index in [0.717, 1.165) is 0 Å². The molecule has 2 radical (unpaired) electrons. The summed E-state index contributed by atoms with van der Waals surface area (Å²) in [6, 6.07) is -0.492. The van der Waals surface area contributed by atoms with Crippen molar-refractivity contribution in [2.75, 3.05) is 6.61 Å². The molecule has 3 N–H and O–H groups in total. The topological polar surface area (TPSA) is 79.2 Å². The van der Waals surface area contributed by atoms with Crippen LogP contribution in [0.4, 0.5) is 0 Å². The number of fused-ring (bicyclic) bond motifs is 2. The highest BCUT2D eigenvalue weighted by molar-refractivity contribution is 7.48. The second-order valence-corrected chi connectivity index (χ2v) is 4.72. The quantitative estimate of drug-likeness (QED) is 0.428. The normalized spacial score (nSPS) is 45.5. The van der Waals surface area contributed by atoms with E-state index in [1.165, 1.54) is 11.9 Å². The molecule has 4 atom stereocenters. The molecule has 7 heteroatoms. The summed E-state index contributed by atoms with van der Waals surface area (Å²) in [6.07, 6.45) is 0.747. The lowest BCUT2D eigenvalue weighted by molar-refractivity contribution is -0.117. The number of rotatable bonds is 2. The highest BCUT2D eigenvalue weighted by Gasteiger charge is 2.53. The largest absolute Gasteiger partial charge is 0.387 e. The number of hydrogen-bond donors (Lipinski definition) is 3. The molecule has 0 aromatic carbocycles. The van der Waals surface area contributed by atoms with Crippen LogP contribution in [0.1, 0.15) is 6.42 Å². The van der Waals surface area contributed by atoms with Crippen molar-refractivity contribution in [3.63, 3.8) is 0 Å². The molecule has 0 saturated carbocycles. The summed E-state index contributed by atoms with van der Waals surface area (Å²) in [5.74, 6) is 1.20. The van der Waals surface area contributed by atoms with E-state index in [9.17, 15) is 5.11 Å². The first-order valence-electron chi connectivity index (χ1n) is 4.63. The zero-order valence-electron chi connectivity index (χ0n) is 7.98. The summed E-state index contributed by atoms with van der Waals surface area (Å²) in [4.78, 5) is 17.6. The summed E-state index contributed by atoms with van der Waals surface area (Å²) in [7, 11) is 3.50. The Morgan fingerprint density at radius 1 is 1.47 bits per heavy atom. The lowest BCUT2D eigenvalue weighted by Gasteiger charge is -2.37. The predicted octanol–water partition coefficient (Wildman–Crippen LogP) is -0.790. The van der Waals surface area contributed by atoms with Gasteiger partial charge in [0.1, 0.15) is 19.6 Å². The van der Waals surface area contributed by atoms with Crippen LogP contribution in [0.3, 0.4) is 0 Å². The van der Waals surface area contributed by atoms with Crippen LogP contribution in [0, 0.1) is 0 Å². The maximum absolute atomic E-state index is 9.88. The standard InChI is InChI=1S/C8H12BO5P/c9-6-3-5-7(10)8(14-6,4-13-5)1-2-15(11)12/h1-2,5-7,10-12H,3-4H2/b2-1+. The fourth-order valence-corrected chi connectivity index (χ4v) is 2.35. The van der Waals surface area contributed by atoms with Crippen molar-refractivity contribution in [1.82, 2.24) is 0 Å². The Balaban J connectivity index is 2.17. The molecule has 2 rings (SSSR count). The Hall–Kier alpha value is 0.0349. The first-order chi connectivity index (χ1) is 7.03. The summed E-state index contributed by atoms with van der Waals surface area (Å²) in [5.41, 5.74) is -1.02. The van der Waals surface area contributed by atoms with E-state index in [2.05, 4.69) is 0 Å². The highest BCUT2D eigenvalue weighted by Crippen LogP contribution is 2.39. The van der Waals surface area contributed by atoms with Crippen molar-refractivity contribution in [2.45, 2.75) is 30.2 Å². The van der Waals surface area contributed by atoms with Crippen LogP contribution in [-0.2, 0) is 9.47 Å². The van der Waals surface area contributed by atoms with Gasteiger partial charge in [0.2, 0.25) is 0 Å². The average molecular weight is 230 g/mol. The van der Waals surface area contributed by atoms with Crippen LogP contribution in [-0.4, -0.2) is 53.2 Å². The van der Waals surface area contributed by atoms with Gasteiger partial charge in [-0.3, -0.25) is 0 Å². The molecule has 5 nitrogen and oxygen atoms in total. The molecule has 4 unspecified atom stereocenters. The van der Waals surface area contributed by atoms with Gasteiger partial charge in [-0.2, -0.15) is 0 Å². The van der Waals surface area contributed by atoms with E-state index < -0.39 is 26.1 Å². The fraction of sp³-hybridized carbons (Fsp3) is 0.750. The number of hydrogen-bond acceptors (Lipinski definition) is 5. The van der Waals surface area contributed by atoms with Crippen LogP contribution in [0.25, 0.3) is 0 Å². The highest BCUT2D eigenvalue weighted by atomic mass is 31.2. The molecule has 0 aromatic heterocycles. The van der Waals surface area contributed by atoms with Gasteiger partial charge in [-0.15, -0.1) is 0 Å². The van der Waals surface area contributed by atoms with E-state index >= 15 is 0 Å². The maximum atomic E-state index is 9.88. The van der Waals surface area contributed by atoms with Gasteiger partial charge in [0, 0.05) is 6.00 Å². The van der Waals surface area contributed by atoms with E-state index in [4.69, 9.17) is 27.1 Å². The minimum absolute atomic E-state index is 0.187. The Kier molecular flexibility index (Phi) is 3.17. The lowest BCUT2D eigenvalue weighted by Crippen LogP contribution is -2.52. The SMILES string of the molecule is [B]C1CC2OCC(/C=C/P(O)O)(O1)C2O. The molecule has 82 valence electrons. The summed E-state index contributed by atoms with van der Waals surface area (Å²) < 4.78 is 10.8. The lowest BCUT2D eigenvalue weighted by atomic mass is 9.83. The van der Waals surface area contributed by atoms with Crippen LogP contribution >= 0.6 is 8.38 Å². The maximum Gasteiger partial charge on any atom is 0.191 e. The van der Waals surface area contributed by atoms with Crippen LogP contribution in [0.2, 0.25) is 0 Å². The third kappa shape index (κ3) is 2.11. The Morgan fingerprint density at radius 2 is 2.20 bits per heavy atom. The molecular formula is C8H12BO5P. The Morgan fingerprint density at radius 3 is 2.87 bits per heavy atom. The Bertz CT molecular complexity index is 274. The molecule has 15 heavy (non-hydrogen) atoms. The van der Waals surface area contributed by atoms with Gasteiger partial charge in [-0.05, 0) is 18.3 Å². The fourth-order valence-electron chi connectivity index (χ4n) is 1.97. The monoisotopic (exact) mass is 230 g/mol. The number of aliphatic hydroxyl groups excluding tert-OH is 1. The van der Waals surface area contributed by atoms with Crippen molar-refractivity contribution in [2.24, 2.45) is 0 Å². The summed E-state index contributed by atoms with van der Waals surface area (Å²) in [5, 5.41) is 9.88. The number of aliphatic hydroxyl groups is 1. The third-order valence-corrected chi connectivity index (χ3v) is 3.12. The first kappa shape index (κ1) is 11.5. The minimum atomic E-state index is -2.15. The zero-order valence-corrected chi connectivity index (χ0v) is 8.88. The van der Waals surface area contributed by atoms with E-state index in [1.807, 2.05) is 0 Å². The van der Waals surface area contributed by atoms with Crippen LogP contribution < -0.4 is 0 Å². The van der Waals surface area contributed by atoms with Gasteiger partial charge in [-0.1, -0.05) is 0 Å². The van der Waals surface area contributed by atoms with Gasteiger partial charge in [0.15, 0.2) is 8.38 Å². The molecule has 2 aliphatic heterocycles. The molecule has 0 aliphatic carbocycles. The second-order valence-electron chi connectivity index (χ2n) is 3.78. The van der Waals surface area contributed by atoms with E-state index in [0.29, 0.717) is 6.42 Å². The van der Waals surface area contributed by atoms with E-state index in [1.54, 1.807) is 0 Å². The Labute approximate surface area is 90.0 Å². The molecule has 0 spiro atoms. The van der Waals surface area contributed by atoms with Gasteiger partial charge in [-0.25, -0.2) is 0 Å². The molecular weight excluding hydrogens is 218 g/mol. The first-order valence-corrected chi connectivity index (χ1v) is 5.94. The van der Waals surface area contributed by atoms with Crippen molar-refractivity contribution in [1.29, 1.82) is 0 Å². The predicted molar refractivity (Wildman–Crippen MR) is 54.2 cm³/mol. The minimum Gasteiger partial charge on any atom is -0.387 e. The van der Waals surface area contributed by atoms with Gasteiger partial charge >= 0.3 is 0 Å². The molecule has 2 heterocycles. The molecule has 2 saturated heterocycles. The molecule has 2 aliphatic rings. The summed E-state index contributed by atoms with van der Waals surface area (Å²) >= 11 is 0. The van der Waals surface area contributed by atoms with Crippen LogP contribution in [0.15, 0.2) is 11.9 Å². The van der Waals surface area contributed by atoms with Gasteiger partial charge in [0.25, 0.3) is 0 Å². The molecule has 2 bridgehead atoms. The summed E-state index contributed by atoms with van der Waals surface area (Å²) in [6.45, 7) is 0.187. The van der Waals surface area contributed by atoms with Crippen molar-refractivity contribution >= 4 is 16.2 Å². The third-order valence-electron chi connectivity index (χ3n) is 2.70. The van der Waals surface area contributed by atoms with Gasteiger partial charge in [0.05, 0.1) is 12.7 Å². The molecule has 0 aromatic rings. The van der Waals surface area contributed by atoms with Crippen molar-refractivity contribution < 1.29 is 24.4 Å².